The second kappa shape index (κ2) is 9.23. The second-order valence-corrected chi connectivity index (χ2v) is 8.12. The van der Waals surface area contributed by atoms with Gasteiger partial charge in [-0.3, -0.25) is 0 Å². The summed E-state index contributed by atoms with van der Waals surface area (Å²) in [5.74, 6) is 2.55. The van der Waals surface area contributed by atoms with Crippen LogP contribution in [0.4, 0.5) is 4.79 Å². The summed E-state index contributed by atoms with van der Waals surface area (Å²) in [6, 6.07) is 7.40. The Morgan fingerprint density at radius 1 is 1.48 bits per heavy atom. The molecule has 1 fully saturated rings. The van der Waals surface area contributed by atoms with Crippen molar-refractivity contribution in [2.75, 3.05) is 19.7 Å². The van der Waals surface area contributed by atoms with Gasteiger partial charge in [-0.2, -0.15) is 0 Å². The van der Waals surface area contributed by atoms with Crippen LogP contribution in [0.2, 0.25) is 5.02 Å². The van der Waals surface area contributed by atoms with E-state index >= 15 is 0 Å². The molecule has 1 aromatic heterocycles. The Labute approximate surface area is 168 Å². The predicted octanol–water partition coefficient (Wildman–Crippen LogP) is 4.10. The standard InChI is InChI=1S/C20H22ClN3O2S/c1-3-10-24(13-17-5-4-11-26-17)20(25)22-12-18-23-19(14(2)27-18)15-6-8-16(21)9-7-15/h1,6-9,17H,4-5,10-13H2,2H3,(H,22,25)/t17-/m0/s1. The first-order valence-electron chi connectivity index (χ1n) is 8.87. The number of nitrogens with one attached hydrogen (secondary N) is 1. The summed E-state index contributed by atoms with van der Waals surface area (Å²) >= 11 is 7.52. The van der Waals surface area contributed by atoms with Crippen molar-refractivity contribution in [3.05, 3.63) is 39.2 Å². The molecule has 2 heterocycles. The summed E-state index contributed by atoms with van der Waals surface area (Å²) in [5, 5.41) is 4.47. The number of aromatic nitrogens is 1. The van der Waals surface area contributed by atoms with E-state index < -0.39 is 0 Å². The molecule has 0 saturated carbocycles. The Kier molecular flexibility index (Phi) is 6.73. The van der Waals surface area contributed by atoms with Crippen LogP contribution in [-0.2, 0) is 11.3 Å². The van der Waals surface area contributed by atoms with Crippen LogP contribution < -0.4 is 5.32 Å². The molecule has 0 spiro atoms. The van der Waals surface area contributed by atoms with Crippen molar-refractivity contribution >= 4 is 29.0 Å². The van der Waals surface area contributed by atoms with Crippen LogP contribution in [0.15, 0.2) is 24.3 Å². The molecule has 0 unspecified atom stereocenters. The van der Waals surface area contributed by atoms with Crippen LogP contribution in [0, 0.1) is 19.3 Å². The molecule has 1 aromatic carbocycles. The highest BCUT2D eigenvalue weighted by molar-refractivity contribution is 7.12. The van der Waals surface area contributed by atoms with Gasteiger partial charge in [0, 0.05) is 28.6 Å². The molecule has 142 valence electrons. The van der Waals surface area contributed by atoms with Crippen molar-refractivity contribution in [1.82, 2.24) is 15.2 Å². The molecule has 1 atom stereocenters. The first-order chi connectivity index (χ1) is 13.1. The number of amides is 2. The van der Waals surface area contributed by atoms with Crippen LogP contribution in [0.3, 0.4) is 0 Å². The van der Waals surface area contributed by atoms with Gasteiger partial charge in [0.05, 0.1) is 24.9 Å². The minimum atomic E-state index is -0.190. The number of rotatable bonds is 6. The zero-order chi connectivity index (χ0) is 19.2. The zero-order valence-electron chi connectivity index (χ0n) is 15.2. The highest BCUT2D eigenvalue weighted by Crippen LogP contribution is 2.28. The zero-order valence-corrected chi connectivity index (χ0v) is 16.8. The molecule has 2 aromatic rings. The number of benzene rings is 1. The first kappa shape index (κ1) is 19.7. The van der Waals surface area contributed by atoms with Gasteiger partial charge >= 0.3 is 6.03 Å². The molecule has 7 heteroatoms. The Morgan fingerprint density at radius 2 is 2.26 bits per heavy atom. The largest absolute Gasteiger partial charge is 0.376 e. The molecule has 27 heavy (non-hydrogen) atoms. The number of hydrogen-bond donors (Lipinski definition) is 1. The number of terminal acetylenes is 1. The third-order valence-electron chi connectivity index (χ3n) is 4.37. The first-order valence-corrected chi connectivity index (χ1v) is 10.1. The smallest absolute Gasteiger partial charge is 0.318 e. The van der Waals surface area contributed by atoms with Crippen molar-refractivity contribution in [3.8, 4) is 23.6 Å². The van der Waals surface area contributed by atoms with E-state index in [1.807, 2.05) is 31.2 Å². The van der Waals surface area contributed by atoms with Gasteiger partial charge < -0.3 is 15.0 Å². The van der Waals surface area contributed by atoms with E-state index in [9.17, 15) is 4.79 Å². The molecular formula is C20H22ClN3O2S. The fourth-order valence-corrected chi connectivity index (χ4v) is 4.05. The summed E-state index contributed by atoms with van der Waals surface area (Å²) in [5.41, 5.74) is 1.93. The number of halogens is 1. The normalized spacial score (nSPS) is 16.1. The summed E-state index contributed by atoms with van der Waals surface area (Å²) in [7, 11) is 0. The van der Waals surface area contributed by atoms with Crippen molar-refractivity contribution in [3.63, 3.8) is 0 Å². The molecule has 0 bridgehead atoms. The second-order valence-electron chi connectivity index (χ2n) is 6.40. The summed E-state index contributed by atoms with van der Waals surface area (Å²) < 4.78 is 5.61. The Hall–Kier alpha value is -2.07. The van der Waals surface area contributed by atoms with Gasteiger partial charge in [-0.25, -0.2) is 9.78 Å². The molecule has 1 saturated heterocycles. The molecular weight excluding hydrogens is 382 g/mol. The van der Waals surface area contributed by atoms with Crippen LogP contribution >= 0.6 is 22.9 Å². The van der Waals surface area contributed by atoms with E-state index in [-0.39, 0.29) is 18.7 Å². The average Bonchev–Trinajstić information content (AvgIpc) is 3.29. The third-order valence-corrected chi connectivity index (χ3v) is 5.59. The topological polar surface area (TPSA) is 54.5 Å². The minimum Gasteiger partial charge on any atom is -0.376 e. The van der Waals surface area contributed by atoms with E-state index in [0.29, 0.717) is 18.1 Å². The molecule has 0 radical (unpaired) electrons. The Balaban J connectivity index is 1.61. The maximum Gasteiger partial charge on any atom is 0.318 e. The summed E-state index contributed by atoms with van der Waals surface area (Å²) in [6.07, 6.45) is 7.48. The number of carbonyl (C=O) groups is 1. The number of urea groups is 1. The monoisotopic (exact) mass is 403 g/mol. The van der Waals surface area contributed by atoms with Gasteiger partial charge in [0.25, 0.3) is 0 Å². The fourth-order valence-electron chi connectivity index (χ4n) is 3.03. The number of carbonyl (C=O) groups excluding carboxylic acids is 1. The van der Waals surface area contributed by atoms with Crippen molar-refractivity contribution in [2.45, 2.75) is 32.4 Å². The molecule has 1 N–H and O–H groups in total. The minimum absolute atomic E-state index is 0.0720. The molecule has 1 aliphatic heterocycles. The maximum absolute atomic E-state index is 12.5. The van der Waals surface area contributed by atoms with Gasteiger partial charge in [-0.05, 0) is 31.9 Å². The summed E-state index contributed by atoms with van der Waals surface area (Å²) in [4.78, 5) is 19.9. The van der Waals surface area contributed by atoms with Crippen molar-refractivity contribution in [1.29, 1.82) is 0 Å². The third kappa shape index (κ3) is 5.23. The molecule has 5 nitrogen and oxygen atoms in total. The SMILES string of the molecule is C#CCN(C[C@@H]1CCCO1)C(=O)NCc1nc(-c2ccc(Cl)cc2)c(C)s1. The lowest BCUT2D eigenvalue weighted by Crippen LogP contribution is -2.43. The van der Waals surface area contributed by atoms with Crippen LogP contribution in [0.1, 0.15) is 22.7 Å². The lowest BCUT2D eigenvalue weighted by Gasteiger charge is -2.23. The van der Waals surface area contributed by atoms with Crippen LogP contribution in [-0.4, -0.2) is 41.7 Å². The predicted molar refractivity (Wildman–Crippen MR) is 109 cm³/mol. The van der Waals surface area contributed by atoms with Gasteiger partial charge in [0.2, 0.25) is 0 Å². The van der Waals surface area contributed by atoms with Gasteiger partial charge in [-0.1, -0.05) is 29.7 Å². The van der Waals surface area contributed by atoms with Crippen molar-refractivity contribution in [2.24, 2.45) is 0 Å². The highest BCUT2D eigenvalue weighted by Gasteiger charge is 2.22. The number of hydrogen-bond acceptors (Lipinski definition) is 4. The van der Waals surface area contributed by atoms with Crippen molar-refractivity contribution < 1.29 is 9.53 Å². The van der Waals surface area contributed by atoms with E-state index in [0.717, 1.165) is 40.6 Å². The highest BCUT2D eigenvalue weighted by atomic mass is 35.5. The Morgan fingerprint density at radius 3 is 2.93 bits per heavy atom. The van der Waals surface area contributed by atoms with E-state index in [2.05, 4.69) is 16.2 Å². The lowest BCUT2D eigenvalue weighted by molar-refractivity contribution is 0.0845. The number of thiazole rings is 1. The molecule has 2 amide bonds. The fraction of sp³-hybridized carbons (Fsp3) is 0.400. The van der Waals surface area contributed by atoms with E-state index in [1.165, 1.54) is 0 Å². The number of nitrogens with zero attached hydrogens (tertiary/aromatic N) is 2. The average molecular weight is 404 g/mol. The van der Waals surface area contributed by atoms with Gasteiger partial charge in [0.15, 0.2) is 0 Å². The van der Waals surface area contributed by atoms with E-state index in [4.69, 9.17) is 22.8 Å². The molecule has 3 rings (SSSR count). The number of aryl methyl sites for hydroxylation is 1. The van der Waals surface area contributed by atoms with Gasteiger partial charge in [0.1, 0.15) is 5.01 Å². The summed E-state index contributed by atoms with van der Waals surface area (Å²) in [6.45, 7) is 3.92. The Bertz CT molecular complexity index is 823. The van der Waals surface area contributed by atoms with Gasteiger partial charge in [-0.15, -0.1) is 17.8 Å². The maximum atomic E-state index is 12.5. The quantitative estimate of drug-likeness (QED) is 0.739. The molecule has 0 aliphatic carbocycles. The molecule has 1 aliphatic rings. The van der Waals surface area contributed by atoms with Crippen LogP contribution in [0.25, 0.3) is 11.3 Å². The number of ether oxygens (including phenoxy) is 1. The van der Waals surface area contributed by atoms with Crippen LogP contribution in [0.5, 0.6) is 0 Å². The van der Waals surface area contributed by atoms with E-state index in [1.54, 1.807) is 16.2 Å². The lowest BCUT2D eigenvalue weighted by atomic mass is 10.1.